The SMILES string of the molecule is Cn1ncc2c1CCCC2NC(=O)NCc1ccc2c(c1)OCO2. The zero-order valence-corrected chi connectivity index (χ0v) is 13.5. The van der Waals surface area contributed by atoms with Crippen molar-refractivity contribution in [3.05, 3.63) is 41.2 Å². The molecule has 24 heavy (non-hydrogen) atoms. The van der Waals surface area contributed by atoms with E-state index >= 15 is 0 Å². The van der Waals surface area contributed by atoms with Crippen molar-refractivity contribution < 1.29 is 14.3 Å². The third kappa shape index (κ3) is 2.77. The lowest BCUT2D eigenvalue weighted by Gasteiger charge is -2.24. The second-order valence-electron chi connectivity index (χ2n) is 6.13. The number of nitrogens with one attached hydrogen (secondary N) is 2. The largest absolute Gasteiger partial charge is 0.454 e. The minimum absolute atomic E-state index is 0.0270. The molecule has 0 fully saturated rings. The molecule has 1 unspecified atom stereocenters. The van der Waals surface area contributed by atoms with Crippen LogP contribution in [-0.4, -0.2) is 22.6 Å². The van der Waals surface area contributed by atoms with Gasteiger partial charge in [0, 0.05) is 24.8 Å². The zero-order chi connectivity index (χ0) is 16.5. The standard InChI is InChI=1S/C17H20N4O3/c1-21-14-4-2-3-13(12(14)9-19-21)20-17(22)18-8-11-5-6-15-16(7-11)24-10-23-15/h5-7,9,13H,2-4,8,10H2,1H3,(H2,18,20,22). The van der Waals surface area contributed by atoms with E-state index in [1.54, 1.807) is 0 Å². The van der Waals surface area contributed by atoms with Crippen LogP contribution in [-0.2, 0) is 20.0 Å². The second kappa shape index (κ2) is 6.07. The van der Waals surface area contributed by atoms with Gasteiger partial charge in [0.15, 0.2) is 11.5 Å². The molecule has 7 heteroatoms. The van der Waals surface area contributed by atoms with E-state index in [9.17, 15) is 4.79 Å². The van der Waals surface area contributed by atoms with E-state index in [0.717, 1.165) is 41.9 Å². The zero-order valence-electron chi connectivity index (χ0n) is 13.5. The Morgan fingerprint density at radius 3 is 3.17 bits per heavy atom. The summed E-state index contributed by atoms with van der Waals surface area (Å²) in [7, 11) is 1.95. The molecule has 2 amide bonds. The highest BCUT2D eigenvalue weighted by Gasteiger charge is 2.24. The van der Waals surface area contributed by atoms with E-state index in [1.807, 2.05) is 36.1 Å². The number of fused-ring (bicyclic) bond motifs is 2. The van der Waals surface area contributed by atoms with E-state index in [-0.39, 0.29) is 18.9 Å². The monoisotopic (exact) mass is 328 g/mol. The molecule has 0 saturated heterocycles. The first-order valence-corrected chi connectivity index (χ1v) is 8.14. The van der Waals surface area contributed by atoms with Crippen LogP contribution in [0.25, 0.3) is 0 Å². The first-order valence-electron chi connectivity index (χ1n) is 8.14. The average Bonchev–Trinajstić information content (AvgIpc) is 3.20. The molecule has 1 atom stereocenters. The minimum atomic E-state index is -0.172. The van der Waals surface area contributed by atoms with Crippen molar-refractivity contribution in [3.8, 4) is 11.5 Å². The molecule has 126 valence electrons. The van der Waals surface area contributed by atoms with Crippen LogP contribution in [0.1, 0.15) is 35.7 Å². The summed E-state index contributed by atoms with van der Waals surface area (Å²) in [5.74, 6) is 1.47. The highest BCUT2D eigenvalue weighted by atomic mass is 16.7. The van der Waals surface area contributed by atoms with Gasteiger partial charge in [-0.3, -0.25) is 4.68 Å². The van der Waals surface area contributed by atoms with Crippen LogP contribution in [0.5, 0.6) is 11.5 Å². The normalized spacial score (nSPS) is 18.1. The van der Waals surface area contributed by atoms with Gasteiger partial charge in [-0.2, -0.15) is 5.10 Å². The van der Waals surface area contributed by atoms with Crippen LogP contribution >= 0.6 is 0 Å². The number of nitrogens with zero attached hydrogens (tertiary/aromatic N) is 2. The number of amides is 2. The van der Waals surface area contributed by atoms with E-state index in [4.69, 9.17) is 9.47 Å². The molecule has 0 saturated carbocycles. The summed E-state index contributed by atoms with van der Waals surface area (Å²) in [6.45, 7) is 0.691. The van der Waals surface area contributed by atoms with Crippen LogP contribution in [0, 0.1) is 0 Å². The Bertz CT molecular complexity index is 771. The molecule has 0 spiro atoms. The first-order chi connectivity index (χ1) is 11.7. The Kier molecular flexibility index (Phi) is 3.76. The van der Waals surface area contributed by atoms with Crippen molar-refractivity contribution >= 4 is 6.03 Å². The summed E-state index contributed by atoms with van der Waals surface area (Å²) in [4.78, 5) is 12.2. The molecule has 1 aromatic heterocycles. The van der Waals surface area contributed by atoms with E-state index in [2.05, 4.69) is 15.7 Å². The van der Waals surface area contributed by atoms with Crippen LogP contribution < -0.4 is 20.1 Å². The van der Waals surface area contributed by atoms with Crippen LogP contribution in [0.2, 0.25) is 0 Å². The molecule has 1 aromatic carbocycles. The van der Waals surface area contributed by atoms with Gasteiger partial charge in [-0.05, 0) is 37.0 Å². The van der Waals surface area contributed by atoms with Gasteiger partial charge in [-0.1, -0.05) is 6.07 Å². The van der Waals surface area contributed by atoms with Gasteiger partial charge in [-0.15, -0.1) is 0 Å². The van der Waals surface area contributed by atoms with Gasteiger partial charge in [0.1, 0.15) is 0 Å². The predicted molar refractivity (Wildman–Crippen MR) is 86.8 cm³/mol. The minimum Gasteiger partial charge on any atom is -0.454 e. The quantitative estimate of drug-likeness (QED) is 0.904. The molecule has 7 nitrogen and oxygen atoms in total. The third-order valence-corrected chi connectivity index (χ3v) is 4.57. The van der Waals surface area contributed by atoms with Crippen LogP contribution in [0.3, 0.4) is 0 Å². The number of hydrogen-bond acceptors (Lipinski definition) is 4. The Hall–Kier alpha value is -2.70. The van der Waals surface area contributed by atoms with E-state index in [0.29, 0.717) is 6.54 Å². The van der Waals surface area contributed by atoms with Crippen molar-refractivity contribution in [2.24, 2.45) is 7.05 Å². The molecule has 4 rings (SSSR count). The molecule has 2 aliphatic rings. The van der Waals surface area contributed by atoms with Crippen molar-refractivity contribution in [2.75, 3.05) is 6.79 Å². The van der Waals surface area contributed by atoms with Crippen molar-refractivity contribution in [2.45, 2.75) is 31.8 Å². The molecular formula is C17H20N4O3. The number of aromatic nitrogens is 2. The summed E-state index contributed by atoms with van der Waals surface area (Å²) in [6, 6.07) is 5.53. The maximum absolute atomic E-state index is 12.2. The van der Waals surface area contributed by atoms with Gasteiger partial charge in [0.25, 0.3) is 0 Å². The third-order valence-electron chi connectivity index (χ3n) is 4.57. The molecule has 2 N–H and O–H groups in total. The highest BCUT2D eigenvalue weighted by molar-refractivity contribution is 5.74. The summed E-state index contributed by atoms with van der Waals surface area (Å²) >= 11 is 0. The number of carbonyl (C=O) groups excluding carboxylic acids is 1. The highest BCUT2D eigenvalue weighted by Crippen LogP contribution is 2.32. The topological polar surface area (TPSA) is 77.4 Å². The fourth-order valence-corrected chi connectivity index (χ4v) is 3.30. The number of hydrogen-bond donors (Lipinski definition) is 2. The molecule has 1 aliphatic heterocycles. The molecule has 1 aliphatic carbocycles. The number of aryl methyl sites for hydroxylation is 1. The number of rotatable bonds is 3. The summed E-state index contributed by atoms with van der Waals surface area (Å²) in [6.07, 6.45) is 4.87. The van der Waals surface area contributed by atoms with Gasteiger partial charge in [0.05, 0.1) is 12.2 Å². The maximum Gasteiger partial charge on any atom is 0.315 e. The Morgan fingerprint density at radius 2 is 2.25 bits per heavy atom. The average molecular weight is 328 g/mol. The van der Waals surface area contributed by atoms with E-state index < -0.39 is 0 Å². The van der Waals surface area contributed by atoms with Gasteiger partial charge in [-0.25, -0.2) is 4.79 Å². The molecular weight excluding hydrogens is 308 g/mol. The Labute approximate surface area is 139 Å². The lowest BCUT2D eigenvalue weighted by molar-refractivity contribution is 0.174. The second-order valence-corrected chi connectivity index (χ2v) is 6.13. The summed E-state index contributed by atoms with van der Waals surface area (Å²) in [5, 5.41) is 10.3. The lowest BCUT2D eigenvalue weighted by Crippen LogP contribution is -2.38. The summed E-state index contributed by atoms with van der Waals surface area (Å²) in [5.41, 5.74) is 3.31. The molecule has 2 aromatic rings. The van der Waals surface area contributed by atoms with Crippen molar-refractivity contribution in [1.82, 2.24) is 20.4 Å². The number of ether oxygens (including phenoxy) is 2. The molecule has 0 bridgehead atoms. The lowest BCUT2D eigenvalue weighted by atomic mass is 9.93. The molecule has 2 heterocycles. The predicted octanol–water partition coefficient (Wildman–Crippen LogP) is 2.03. The Morgan fingerprint density at radius 1 is 1.38 bits per heavy atom. The number of urea groups is 1. The first kappa shape index (κ1) is 14.9. The fraction of sp³-hybridized carbons (Fsp3) is 0.412. The van der Waals surface area contributed by atoms with Crippen LogP contribution in [0.15, 0.2) is 24.4 Å². The van der Waals surface area contributed by atoms with Gasteiger partial charge >= 0.3 is 6.03 Å². The Balaban J connectivity index is 1.36. The van der Waals surface area contributed by atoms with Crippen molar-refractivity contribution in [3.63, 3.8) is 0 Å². The number of benzene rings is 1. The van der Waals surface area contributed by atoms with Crippen molar-refractivity contribution in [1.29, 1.82) is 0 Å². The summed E-state index contributed by atoms with van der Waals surface area (Å²) < 4.78 is 12.5. The smallest absolute Gasteiger partial charge is 0.315 e. The van der Waals surface area contributed by atoms with Crippen LogP contribution in [0.4, 0.5) is 4.79 Å². The fourth-order valence-electron chi connectivity index (χ4n) is 3.30. The maximum atomic E-state index is 12.2. The number of carbonyl (C=O) groups is 1. The van der Waals surface area contributed by atoms with E-state index in [1.165, 1.54) is 5.69 Å². The van der Waals surface area contributed by atoms with Gasteiger partial charge in [0.2, 0.25) is 6.79 Å². The van der Waals surface area contributed by atoms with Gasteiger partial charge < -0.3 is 20.1 Å². The molecule has 0 radical (unpaired) electrons.